The molecule has 0 aromatic carbocycles. The molecule has 174 valence electrons. The molecule has 2 rings (SSSR count). The predicted octanol–water partition coefficient (Wildman–Crippen LogP) is 5.17. The van der Waals surface area contributed by atoms with Gasteiger partial charge in [-0.1, -0.05) is 47.5 Å². The van der Waals surface area contributed by atoms with Crippen molar-refractivity contribution in [2.24, 2.45) is 0 Å². The van der Waals surface area contributed by atoms with Crippen molar-refractivity contribution in [2.45, 2.75) is 131 Å². The SMILES string of the molecule is CCCB1N(C(C)C)CCN1C(C)CCC(C)(C)N1CCN(C(C)(C)C)B1CCC. The average Bonchev–Trinajstić information content (AvgIpc) is 3.25. The number of hydrogen-bond donors (Lipinski definition) is 0. The van der Waals surface area contributed by atoms with Gasteiger partial charge in [-0.05, 0) is 72.2 Å². The zero-order valence-corrected chi connectivity index (χ0v) is 22.2. The van der Waals surface area contributed by atoms with Crippen LogP contribution in [0.4, 0.5) is 0 Å². The highest BCUT2D eigenvalue weighted by atomic mass is 15.3. The van der Waals surface area contributed by atoms with Gasteiger partial charge in [-0.3, -0.25) is 0 Å². The third-order valence-electron chi connectivity index (χ3n) is 7.82. The van der Waals surface area contributed by atoms with E-state index in [9.17, 15) is 0 Å². The molecule has 0 spiro atoms. The zero-order chi connectivity index (χ0) is 22.7. The summed E-state index contributed by atoms with van der Waals surface area (Å²) in [6.45, 7) is 30.2. The Kier molecular flexibility index (Phi) is 9.37. The van der Waals surface area contributed by atoms with Crippen LogP contribution >= 0.6 is 0 Å². The minimum atomic E-state index is 0.251. The lowest BCUT2D eigenvalue weighted by molar-refractivity contribution is 0.202. The molecule has 0 aliphatic carbocycles. The molecule has 0 amide bonds. The summed E-state index contributed by atoms with van der Waals surface area (Å²) in [5.41, 5.74) is 0.507. The average molecular weight is 418 g/mol. The summed E-state index contributed by atoms with van der Waals surface area (Å²) in [6, 6.07) is 1.31. The predicted molar refractivity (Wildman–Crippen MR) is 136 cm³/mol. The van der Waals surface area contributed by atoms with E-state index in [-0.39, 0.29) is 11.1 Å². The van der Waals surface area contributed by atoms with E-state index in [1.807, 2.05) is 0 Å². The summed E-state index contributed by atoms with van der Waals surface area (Å²) in [5, 5.41) is 0. The van der Waals surface area contributed by atoms with Gasteiger partial charge >= 0.3 is 14.0 Å². The van der Waals surface area contributed by atoms with Crippen molar-refractivity contribution in [1.29, 1.82) is 0 Å². The molecule has 30 heavy (non-hydrogen) atoms. The number of hydrogen-bond acceptors (Lipinski definition) is 4. The van der Waals surface area contributed by atoms with Crippen LogP contribution in [0.25, 0.3) is 0 Å². The Bertz CT molecular complexity index is 520. The first kappa shape index (κ1) is 26.2. The van der Waals surface area contributed by atoms with Crippen LogP contribution in [0.3, 0.4) is 0 Å². The Morgan fingerprint density at radius 1 is 0.733 bits per heavy atom. The summed E-state index contributed by atoms with van der Waals surface area (Å²) < 4.78 is 0. The Morgan fingerprint density at radius 3 is 1.80 bits per heavy atom. The van der Waals surface area contributed by atoms with Gasteiger partial charge in [0.2, 0.25) is 0 Å². The summed E-state index contributed by atoms with van der Waals surface area (Å²) in [6.07, 6.45) is 7.70. The van der Waals surface area contributed by atoms with E-state index in [4.69, 9.17) is 0 Å². The molecule has 4 nitrogen and oxygen atoms in total. The first-order valence-corrected chi connectivity index (χ1v) is 13.0. The molecular formula is C24H52B2N4. The maximum absolute atomic E-state index is 2.84. The van der Waals surface area contributed by atoms with Crippen LogP contribution in [-0.4, -0.2) is 82.5 Å². The lowest BCUT2D eigenvalue weighted by atomic mass is 9.63. The molecule has 2 fully saturated rings. The second kappa shape index (κ2) is 10.7. The third-order valence-corrected chi connectivity index (χ3v) is 7.82. The largest absolute Gasteiger partial charge is 0.325 e. The van der Waals surface area contributed by atoms with Crippen LogP contribution in [0.1, 0.15) is 94.9 Å². The Balaban J connectivity index is 2.02. The highest BCUT2D eigenvalue weighted by Crippen LogP contribution is 2.33. The van der Waals surface area contributed by atoms with Gasteiger partial charge in [-0.2, -0.15) is 0 Å². The third kappa shape index (κ3) is 6.05. The van der Waals surface area contributed by atoms with Gasteiger partial charge in [0.05, 0.1) is 0 Å². The van der Waals surface area contributed by atoms with E-state index >= 15 is 0 Å². The lowest BCUT2D eigenvalue weighted by Crippen LogP contribution is -2.57. The van der Waals surface area contributed by atoms with Crippen molar-refractivity contribution >= 4 is 14.0 Å². The molecule has 0 saturated carbocycles. The smallest absolute Gasteiger partial charge is 0.311 e. The Hall–Kier alpha value is -0.0301. The first-order valence-electron chi connectivity index (χ1n) is 13.0. The molecule has 0 aromatic rings. The minimum Gasteiger partial charge on any atom is -0.325 e. The van der Waals surface area contributed by atoms with Crippen LogP contribution in [0.5, 0.6) is 0 Å². The van der Waals surface area contributed by atoms with Crippen molar-refractivity contribution in [1.82, 2.24) is 19.2 Å². The van der Waals surface area contributed by atoms with Crippen LogP contribution in [0.2, 0.25) is 12.6 Å². The van der Waals surface area contributed by atoms with Gasteiger partial charge in [0, 0.05) is 37.3 Å². The van der Waals surface area contributed by atoms with Crippen molar-refractivity contribution < 1.29 is 0 Å². The standard InChI is InChI=1S/C24H52B2N4/c1-11-15-25-27(21(3)4)17-18-28(25)22(5)13-14-24(9,10)30-20-19-29(23(6,7)8)26(30)16-12-2/h21-22H,11-20H2,1-10H3. The fraction of sp³-hybridized carbons (Fsp3) is 1.00. The van der Waals surface area contributed by atoms with Gasteiger partial charge < -0.3 is 19.2 Å². The topological polar surface area (TPSA) is 13.0 Å². The quantitative estimate of drug-likeness (QED) is 0.454. The minimum absolute atomic E-state index is 0.251. The van der Waals surface area contributed by atoms with E-state index in [0.717, 1.165) is 0 Å². The molecule has 2 aliphatic heterocycles. The summed E-state index contributed by atoms with van der Waals surface area (Å²) in [5.74, 6) is 0. The highest BCUT2D eigenvalue weighted by molar-refractivity contribution is 6.54. The fourth-order valence-corrected chi connectivity index (χ4v) is 6.04. The molecule has 0 N–H and O–H groups in total. The van der Waals surface area contributed by atoms with Gasteiger partial charge in [0.15, 0.2) is 0 Å². The van der Waals surface area contributed by atoms with Crippen molar-refractivity contribution in [3.8, 4) is 0 Å². The second-order valence-electron chi connectivity index (χ2n) is 11.9. The summed E-state index contributed by atoms with van der Waals surface area (Å²) in [7, 11) is 0. The van der Waals surface area contributed by atoms with E-state index in [1.54, 1.807) is 0 Å². The monoisotopic (exact) mass is 418 g/mol. The summed E-state index contributed by atoms with van der Waals surface area (Å²) in [4.78, 5) is 11.1. The maximum atomic E-state index is 2.84. The van der Waals surface area contributed by atoms with Gasteiger partial charge in [0.25, 0.3) is 0 Å². The molecule has 2 aliphatic rings. The molecule has 2 saturated heterocycles. The first-order chi connectivity index (χ1) is 13.9. The summed E-state index contributed by atoms with van der Waals surface area (Å²) >= 11 is 0. The highest BCUT2D eigenvalue weighted by Gasteiger charge is 2.46. The van der Waals surface area contributed by atoms with Crippen LogP contribution < -0.4 is 0 Å². The van der Waals surface area contributed by atoms with E-state index in [1.165, 1.54) is 64.5 Å². The van der Waals surface area contributed by atoms with Gasteiger partial charge in [-0.15, -0.1) is 0 Å². The van der Waals surface area contributed by atoms with E-state index in [0.29, 0.717) is 26.0 Å². The zero-order valence-electron chi connectivity index (χ0n) is 22.2. The van der Waals surface area contributed by atoms with E-state index in [2.05, 4.69) is 88.5 Å². The second-order valence-corrected chi connectivity index (χ2v) is 11.9. The Labute approximate surface area is 190 Å². The van der Waals surface area contributed by atoms with Crippen molar-refractivity contribution in [2.75, 3.05) is 26.2 Å². The number of rotatable bonds is 10. The Morgan fingerprint density at radius 2 is 1.27 bits per heavy atom. The van der Waals surface area contributed by atoms with E-state index < -0.39 is 0 Å². The van der Waals surface area contributed by atoms with Crippen LogP contribution in [0.15, 0.2) is 0 Å². The van der Waals surface area contributed by atoms with Crippen molar-refractivity contribution in [3.05, 3.63) is 0 Å². The van der Waals surface area contributed by atoms with Crippen molar-refractivity contribution in [3.63, 3.8) is 0 Å². The maximum Gasteiger partial charge on any atom is 0.311 e. The van der Waals surface area contributed by atoms with Crippen LogP contribution in [-0.2, 0) is 0 Å². The molecule has 1 atom stereocenters. The van der Waals surface area contributed by atoms with Gasteiger partial charge in [0.1, 0.15) is 0 Å². The number of nitrogens with zero attached hydrogens (tertiary/aromatic N) is 4. The van der Waals surface area contributed by atoms with Gasteiger partial charge in [-0.25, -0.2) is 0 Å². The molecule has 0 radical (unpaired) electrons. The normalized spacial score (nSPS) is 22.1. The molecule has 0 bridgehead atoms. The molecule has 6 heteroatoms. The lowest BCUT2D eigenvalue weighted by Gasteiger charge is -2.43. The molecule has 0 aromatic heterocycles. The van der Waals surface area contributed by atoms with Crippen LogP contribution in [0, 0.1) is 0 Å². The fourth-order valence-electron chi connectivity index (χ4n) is 6.04. The molecule has 1 unspecified atom stereocenters. The molecule has 2 heterocycles. The molecular weight excluding hydrogens is 366 g/mol.